The van der Waals surface area contributed by atoms with E-state index in [9.17, 15) is 9.90 Å². The van der Waals surface area contributed by atoms with Crippen molar-refractivity contribution in [3.8, 4) is 22.8 Å². The summed E-state index contributed by atoms with van der Waals surface area (Å²) in [5, 5.41) is 13.5. The Morgan fingerprint density at radius 2 is 2.10 bits per heavy atom. The lowest BCUT2D eigenvalue weighted by Crippen LogP contribution is -2.04. The molecule has 1 heterocycles. The van der Waals surface area contributed by atoms with Gasteiger partial charge in [-0.25, -0.2) is 4.79 Å². The molecule has 2 rings (SSSR count). The van der Waals surface area contributed by atoms with Gasteiger partial charge < -0.3 is 14.6 Å². The molecule has 0 aliphatic rings. The van der Waals surface area contributed by atoms with Crippen molar-refractivity contribution in [3.63, 3.8) is 0 Å². The van der Waals surface area contributed by atoms with Crippen LogP contribution < -0.4 is 9.47 Å². The highest BCUT2D eigenvalue weighted by Gasteiger charge is 2.19. The molecule has 0 atom stereocenters. The van der Waals surface area contributed by atoms with E-state index in [4.69, 9.17) is 9.47 Å². The molecule has 0 aliphatic carbocycles. The lowest BCUT2D eigenvalue weighted by Gasteiger charge is -2.15. The van der Waals surface area contributed by atoms with Gasteiger partial charge in [0.25, 0.3) is 0 Å². The lowest BCUT2D eigenvalue weighted by molar-refractivity contribution is 0.0696. The number of aryl methyl sites for hydroxylation is 2. The van der Waals surface area contributed by atoms with E-state index in [0.29, 0.717) is 23.7 Å². The van der Waals surface area contributed by atoms with Gasteiger partial charge in [0.1, 0.15) is 0 Å². The number of nitrogens with zero attached hydrogens (tertiary/aromatic N) is 2. The molecule has 6 heteroatoms. The van der Waals surface area contributed by atoms with Gasteiger partial charge in [0.2, 0.25) is 0 Å². The van der Waals surface area contributed by atoms with Gasteiger partial charge in [-0.05, 0) is 32.0 Å². The van der Waals surface area contributed by atoms with E-state index < -0.39 is 5.97 Å². The maximum atomic E-state index is 11.3. The van der Waals surface area contributed by atoms with Crippen LogP contribution >= 0.6 is 0 Å². The van der Waals surface area contributed by atoms with Gasteiger partial charge in [-0.2, -0.15) is 5.10 Å². The molecule has 0 spiro atoms. The zero-order valence-corrected chi connectivity index (χ0v) is 12.5. The second-order valence-electron chi connectivity index (χ2n) is 4.59. The summed E-state index contributed by atoms with van der Waals surface area (Å²) in [6.45, 7) is 4.19. The first kappa shape index (κ1) is 14.9. The van der Waals surface area contributed by atoms with Gasteiger partial charge >= 0.3 is 5.97 Å². The fourth-order valence-corrected chi connectivity index (χ4v) is 2.22. The summed E-state index contributed by atoms with van der Waals surface area (Å²) in [6.07, 6.45) is 0. The van der Waals surface area contributed by atoms with Gasteiger partial charge in [-0.15, -0.1) is 0 Å². The monoisotopic (exact) mass is 290 g/mol. The van der Waals surface area contributed by atoms with Crippen molar-refractivity contribution < 1.29 is 19.4 Å². The maximum absolute atomic E-state index is 11.3. The SMILES string of the molecule is CCOc1c(OC)cc(C(=O)O)cc1-c1cc(C)nn1C. The fraction of sp³-hybridized carbons (Fsp3) is 0.333. The van der Waals surface area contributed by atoms with E-state index in [0.717, 1.165) is 11.4 Å². The Bertz CT molecular complexity index is 677. The van der Waals surface area contributed by atoms with E-state index in [1.807, 2.05) is 19.9 Å². The quantitative estimate of drug-likeness (QED) is 0.915. The third-order valence-corrected chi connectivity index (χ3v) is 3.09. The Morgan fingerprint density at radius 1 is 1.38 bits per heavy atom. The third kappa shape index (κ3) is 2.84. The largest absolute Gasteiger partial charge is 0.493 e. The second-order valence-corrected chi connectivity index (χ2v) is 4.59. The van der Waals surface area contributed by atoms with Crippen molar-refractivity contribution in [2.75, 3.05) is 13.7 Å². The summed E-state index contributed by atoms with van der Waals surface area (Å²) in [4.78, 5) is 11.3. The molecular formula is C15H18N2O4. The average Bonchev–Trinajstić information content (AvgIpc) is 2.77. The number of carboxylic acid groups (broad SMARTS) is 1. The molecule has 6 nitrogen and oxygen atoms in total. The van der Waals surface area contributed by atoms with Crippen LogP contribution in [0.2, 0.25) is 0 Å². The molecule has 112 valence electrons. The van der Waals surface area contributed by atoms with E-state index in [2.05, 4.69) is 5.10 Å². The van der Waals surface area contributed by atoms with Crippen LogP contribution in [0, 0.1) is 6.92 Å². The fourth-order valence-electron chi connectivity index (χ4n) is 2.22. The first-order valence-corrected chi connectivity index (χ1v) is 6.57. The lowest BCUT2D eigenvalue weighted by atomic mass is 10.0. The van der Waals surface area contributed by atoms with E-state index in [1.54, 1.807) is 17.8 Å². The van der Waals surface area contributed by atoms with Crippen LogP contribution in [0.15, 0.2) is 18.2 Å². The number of benzene rings is 1. The molecule has 0 saturated carbocycles. The highest BCUT2D eigenvalue weighted by molar-refractivity contribution is 5.91. The standard InChI is InChI=1S/C15H18N2O4/c1-5-21-14-11(12-6-9(2)16-17(12)3)7-10(15(18)19)8-13(14)20-4/h6-8H,5H2,1-4H3,(H,18,19). The number of aromatic nitrogens is 2. The number of ether oxygens (including phenoxy) is 2. The van der Waals surface area contributed by atoms with Gasteiger partial charge in [-0.3, -0.25) is 4.68 Å². The van der Waals surface area contributed by atoms with Crippen molar-refractivity contribution >= 4 is 5.97 Å². The summed E-state index contributed by atoms with van der Waals surface area (Å²) in [7, 11) is 3.29. The molecule has 1 aromatic carbocycles. The number of hydrogen-bond donors (Lipinski definition) is 1. The summed E-state index contributed by atoms with van der Waals surface area (Å²) < 4.78 is 12.6. The van der Waals surface area contributed by atoms with Gasteiger partial charge in [-0.1, -0.05) is 0 Å². The molecule has 1 aromatic heterocycles. The van der Waals surface area contributed by atoms with Crippen molar-refractivity contribution in [3.05, 3.63) is 29.5 Å². The summed E-state index contributed by atoms with van der Waals surface area (Å²) in [5.41, 5.74) is 2.41. The smallest absolute Gasteiger partial charge is 0.335 e. The van der Waals surface area contributed by atoms with Crippen LogP contribution in [0.5, 0.6) is 11.5 Å². The Kier molecular flexibility index (Phi) is 4.16. The molecule has 0 radical (unpaired) electrons. The predicted octanol–water partition coefficient (Wildman–Crippen LogP) is 2.50. The summed E-state index contributed by atoms with van der Waals surface area (Å²) >= 11 is 0. The van der Waals surface area contributed by atoms with Crippen molar-refractivity contribution in [1.82, 2.24) is 9.78 Å². The van der Waals surface area contributed by atoms with E-state index in [-0.39, 0.29) is 5.56 Å². The number of hydrogen-bond acceptors (Lipinski definition) is 4. The highest BCUT2D eigenvalue weighted by Crippen LogP contribution is 2.39. The van der Waals surface area contributed by atoms with Crippen molar-refractivity contribution in [2.24, 2.45) is 7.05 Å². The Labute approximate surface area is 122 Å². The average molecular weight is 290 g/mol. The second kappa shape index (κ2) is 5.87. The van der Waals surface area contributed by atoms with Crippen LogP contribution in [0.25, 0.3) is 11.3 Å². The van der Waals surface area contributed by atoms with Gasteiger partial charge in [0.15, 0.2) is 11.5 Å². The molecule has 0 unspecified atom stereocenters. The number of methoxy groups -OCH3 is 1. The summed E-state index contributed by atoms with van der Waals surface area (Å²) in [5.74, 6) is -0.102. The van der Waals surface area contributed by atoms with Crippen molar-refractivity contribution in [2.45, 2.75) is 13.8 Å². The molecule has 0 bridgehead atoms. The normalized spacial score (nSPS) is 10.5. The Hall–Kier alpha value is -2.50. The molecule has 1 N–H and O–H groups in total. The number of aromatic carboxylic acids is 1. The highest BCUT2D eigenvalue weighted by atomic mass is 16.5. The minimum atomic E-state index is -1.02. The number of rotatable bonds is 5. The third-order valence-electron chi connectivity index (χ3n) is 3.09. The molecule has 0 aliphatic heterocycles. The Morgan fingerprint density at radius 3 is 2.57 bits per heavy atom. The number of carboxylic acids is 1. The Balaban J connectivity index is 2.73. The van der Waals surface area contributed by atoms with Crippen LogP contribution in [-0.4, -0.2) is 34.6 Å². The maximum Gasteiger partial charge on any atom is 0.335 e. The predicted molar refractivity (Wildman–Crippen MR) is 78.1 cm³/mol. The van der Waals surface area contributed by atoms with Crippen molar-refractivity contribution in [1.29, 1.82) is 0 Å². The molecule has 0 amide bonds. The van der Waals surface area contributed by atoms with Gasteiger partial charge in [0.05, 0.1) is 30.7 Å². The van der Waals surface area contributed by atoms with Gasteiger partial charge in [0, 0.05) is 12.6 Å². The zero-order valence-electron chi connectivity index (χ0n) is 12.5. The molecule has 0 fully saturated rings. The van der Waals surface area contributed by atoms with E-state index >= 15 is 0 Å². The topological polar surface area (TPSA) is 73.6 Å². The van der Waals surface area contributed by atoms with Crippen LogP contribution in [-0.2, 0) is 7.05 Å². The van der Waals surface area contributed by atoms with Crippen LogP contribution in [0.1, 0.15) is 23.0 Å². The van der Waals surface area contributed by atoms with Crippen LogP contribution in [0.4, 0.5) is 0 Å². The molecule has 0 saturated heterocycles. The molecule has 21 heavy (non-hydrogen) atoms. The minimum Gasteiger partial charge on any atom is -0.493 e. The molecular weight excluding hydrogens is 272 g/mol. The van der Waals surface area contributed by atoms with Crippen LogP contribution in [0.3, 0.4) is 0 Å². The summed E-state index contributed by atoms with van der Waals surface area (Å²) in [6, 6.07) is 4.91. The van der Waals surface area contributed by atoms with E-state index in [1.165, 1.54) is 13.2 Å². The molecule has 2 aromatic rings. The minimum absolute atomic E-state index is 0.143. The zero-order chi connectivity index (χ0) is 15.6. The number of carbonyl (C=O) groups is 1. The first-order valence-electron chi connectivity index (χ1n) is 6.57. The first-order chi connectivity index (χ1) is 9.97.